The van der Waals surface area contributed by atoms with Crippen molar-refractivity contribution in [3.8, 4) is 11.3 Å². The van der Waals surface area contributed by atoms with Gasteiger partial charge in [0.1, 0.15) is 5.82 Å². The second-order valence-electron chi connectivity index (χ2n) is 4.02. The molecule has 3 nitrogen and oxygen atoms in total. The van der Waals surface area contributed by atoms with Gasteiger partial charge >= 0.3 is 0 Å². The Morgan fingerprint density at radius 2 is 2.06 bits per heavy atom. The third-order valence-corrected chi connectivity index (χ3v) is 2.77. The van der Waals surface area contributed by atoms with Crippen LogP contribution in [-0.2, 0) is 0 Å². The maximum Gasteiger partial charge on any atom is 0.192 e. The molecule has 0 saturated heterocycles. The van der Waals surface area contributed by atoms with Crippen LogP contribution >= 0.6 is 0 Å². The van der Waals surface area contributed by atoms with Gasteiger partial charge in [-0.25, -0.2) is 9.37 Å². The lowest BCUT2D eigenvalue weighted by Crippen LogP contribution is -1.85. The van der Waals surface area contributed by atoms with Crippen LogP contribution in [0, 0.1) is 19.7 Å². The van der Waals surface area contributed by atoms with Gasteiger partial charge in [0.25, 0.3) is 0 Å². The zero-order valence-electron chi connectivity index (χ0n) is 9.57. The fourth-order valence-electron chi connectivity index (χ4n) is 2.06. The number of aromatic nitrogens is 2. The molecule has 0 fully saturated rings. The number of halogens is 1. The minimum Gasteiger partial charge on any atom is -0.441 e. The van der Waals surface area contributed by atoms with Crippen LogP contribution in [0.25, 0.3) is 16.8 Å². The zero-order chi connectivity index (χ0) is 12.0. The van der Waals surface area contributed by atoms with E-state index in [1.54, 1.807) is 10.5 Å². The van der Waals surface area contributed by atoms with Crippen LogP contribution in [0.4, 0.5) is 4.39 Å². The molecule has 0 aliphatic rings. The summed E-state index contributed by atoms with van der Waals surface area (Å²) >= 11 is 0. The van der Waals surface area contributed by atoms with Crippen molar-refractivity contribution in [3.05, 3.63) is 48.0 Å². The Morgan fingerprint density at radius 3 is 2.76 bits per heavy atom. The van der Waals surface area contributed by atoms with Crippen LogP contribution in [0.2, 0.25) is 0 Å². The van der Waals surface area contributed by atoms with E-state index in [0.29, 0.717) is 5.89 Å². The molecule has 3 aromatic rings. The summed E-state index contributed by atoms with van der Waals surface area (Å²) in [6.45, 7) is 3.72. The van der Waals surface area contributed by atoms with Crippen molar-refractivity contribution in [1.82, 2.24) is 9.38 Å². The Labute approximate surface area is 97.5 Å². The maximum atomic E-state index is 13.1. The highest BCUT2D eigenvalue weighted by Gasteiger charge is 2.13. The Balaban J connectivity index is 2.28. The first kappa shape index (κ1) is 10.1. The van der Waals surface area contributed by atoms with Gasteiger partial charge in [-0.1, -0.05) is 0 Å². The highest BCUT2D eigenvalue weighted by Crippen LogP contribution is 2.29. The lowest BCUT2D eigenvalue weighted by molar-refractivity contribution is 0.534. The number of nitrogens with zero attached hydrogens (tertiary/aromatic N) is 2. The summed E-state index contributed by atoms with van der Waals surface area (Å²) in [5, 5.41) is 0. The molecule has 0 saturated carbocycles. The normalized spacial score (nSPS) is 11.2. The van der Waals surface area contributed by atoms with Gasteiger partial charge in [0.15, 0.2) is 11.7 Å². The number of rotatable bonds is 1. The molecule has 0 unspecified atom stereocenters. The van der Waals surface area contributed by atoms with Crippen LogP contribution in [0.3, 0.4) is 0 Å². The molecule has 0 spiro atoms. The smallest absolute Gasteiger partial charge is 0.192 e. The fourth-order valence-corrected chi connectivity index (χ4v) is 2.06. The van der Waals surface area contributed by atoms with Crippen molar-refractivity contribution in [2.45, 2.75) is 13.8 Å². The first-order valence-corrected chi connectivity index (χ1v) is 5.36. The van der Waals surface area contributed by atoms with Crippen LogP contribution in [0.15, 0.2) is 35.0 Å². The van der Waals surface area contributed by atoms with E-state index in [9.17, 15) is 4.39 Å². The maximum absolute atomic E-state index is 13.1. The van der Waals surface area contributed by atoms with Gasteiger partial charge in [-0.3, -0.25) is 0 Å². The minimum absolute atomic E-state index is 0.259. The first-order chi connectivity index (χ1) is 8.15. The molecule has 4 heteroatoms. The molecule has 17 heavy (non-hydrogen) atoms. The van der Waals surface area contributed by atoms with Crippen LogP contribution in [0.1, 0.15) is 11.6 Å². The van der Waals surface area contributed by atoms with E-state index < -0.39 is 0 Å². The van der Waals surface area contributed by atoms with E-state index in [2.05, 4.69) is 4.98 Å². The molecule has 0 radical (unpaired) electrons. The first-order valence-electron chi connectivity index (χ1n) is 5.36. The fraction of sp³-hybridized carbons (Fsp3) is 0.154. The second-order valence-corrected chi connectivity index (χ2v) is 4.02. The molecule has 3 heterocycles. The zero-order valence-corrected chi connectivity index (χ0v) is 9.57. The SMILES string of the molecule is Cc1nc(C)c(-c2ccn3cc(F)ccc23)o1. The van der Waals surface area contributed by atoms with Crippen LogP contribution < -0.4 is 0 Å². The van der Waals surface area contributed by atoms with E-state index in [1.165, 1.54) is 12.3 Å². The van der Waals surface area contributed by atoms with E-state index in [-0.39, 0.29) is 5.82 Å². The predicted octanol–water partition coefficient (Wildman–Crippen LogP) is 3.35. The van der Waals surface area contributed by atoms with Crippen molar-refractivity contribution in [2.75, 3.05) is 0 Å². The van der Waals surface area contributed by atoms with Gasteiger partial charge in [-0.15, -0.1) is 0 Å². The molecule has 0 bridgehead atoms. The van der Waals surface area contributed by atoms with Gasteiger partial charge in [-0.05, 0) is 25.1 Å². The molecule has 0 aliphatic carbocycles. The Kier molecular flexibility index (Phi) is 2.04. The summed E-state index contributed by atoms with van der Waals surface area (Å²) < 4.78 is 20.4. The quantitative estimate of drug-likeness (QED) is 0.641. The lowest BCUT2D eigenvalue weighted by Gasteiger charge is -1.98. The number of hydrogen-bond acceptors (Lipinski definition) is 2. The monoisotopic (exact) mass is 230 g/mol. The van der Waals surface area contributed by atoms with Gasteiger partial charge in [0, 0.05) is 24.9 Å². The van der Waals surface area contributed by atoms with Gasteiger partial charge in [-0.2, -0.15) is 0 Å². The Hall–Kier alpha value is -2.10. The second kappa shape index (κ2) is 3.45. The summed E-state index contributed by atoms with van der Waals surface area (Å²) in [7, 11) is 0. The molecule has 3 rings (SSSR count). The molecule has 0 amide bonds. The van der Waals surface area contributed by atoms with Gasteiger partial charge in [0.2, 0.25) is 0 Å². The van der Waals surface area contributed by atoms with Crippen molar-refractivity contribution in [3.63, 3.8) is 0 Å². The number of aryl methyl sites for hydroxylation is 2. The third kappa shape index (κ3) is 1.53. The van der Waals surface area contributed by atoms with Gasteiger partial charge < -0.3 is 8.82 Å². The van der Waals surface area contributed by atoms with Crippen molar-refractivity contribution >= 4 is 5.52 Å². The highest BCUT2D eigenvalue weighted by atomic mass is 19.1. The molecule has 0 N–H and O–H groups in total. The highest BCUT2D eigenvalue weighted by molar-refractivity contribution is 5.79. The van der Waals surface area contributed by atoms with Crippen molar-refractivity contribution < 1.29 is 8.81 Å². The number of oxazole rings is 1. The van der Waals surface area contributed by atoms with Gasteiger partial charge in [0.05, 0.1) is 11.2 Å². The molecule has 3 aromatic heterocycles. The lowest BCUT2D eigenvalue weighted by atomic mass is 10.2. The summed E-state index contributed by atoms with van der Waals surface area (Å²) in [5.41, 5.74) is 2.69. The molecular formula is C13H11FN2O. The number of fused-ring (bicyclic) bond motifs is 1. The van der Waals surface area contributed by atoms with Crippen LogP contribution in [0.5, 0.6) is 0 Å². The average molecular weight is 230 g/mol. The third-order valence-electron chi connectivity index (χ3n) is 2.77. The van der Waals surface area contributed by atoms with Crippen molar-refractivity contribution in [1.29, 1.82) is 0 Å². The van der Waals surface area contributed by atoms with Crippen LogP contribution in [-0.4, -0.2) is 9.38 Å². The molecule has 86 valence electrons. The topological polar surface area (TPSA) is 30.4 Å². The summed E-state index contributed by atoms with van der Waals surface area (Å²) in [5.74, 6) is 1.13. The standard InChI is InChI=1S/C13H11FN2O/c1-8-13(17-9(2)15-8)11-5-6-16-7-10(14)3-4-12(11)16/h3-7H,1-2H3. The summed E-state index contributed by atoms with van der Waals surface area (Å²) in [4.78, 5) is 4.24. The van der Waals surface area contributed by atoms with E-state index >= 15 is 0 Å². The summed E-state index contributed by atoms with van der Waals surface area (Å²) in [6.07, 6.45) is 3.25. The van der Waals surface area contributed by atoms with Crippen molar-refractivity contribution in [2.24, 2.45) is 0 Å². The molecule has 0 atom stereocenters. The van der Waals surface area contributed by atoms with E-state index in [1.807, 2.05) is 26.1 Å². The Morgan fingerprint density at radius 1 is 1.24 bits per heavy atom. The minimum atomic E-state index is -0.259. The molecule has 0 aliphatic heterocycles. The predicted molar refractivity (Wildman–Crippen MR) is 62.3 cm³/mol. The summed E-state index contributed by atoms with van der Waals surface area (Å²) in [6, 6.07) is 5.08. The average Bonchev–Trinajstić information content (AvgIpc) is 2.81. The Bertz CT molecular complexity index is 697. The van der Waals surface area contributed by atoms with E-state index in [0.717, 1.165) is 22.5 Å². The number of pyridine rings is 1. The molecule has 0 aromatic carbocycles. The number of hydrogen-bond donors (Lipinski definition) is 0. The largest absolute Gasteiger partial charge is 0.441 e. The molecular weight excluding hydrogens is 219 g/mol. The van der Waals surface area contributed by atoms with E-state index in [4.69, 9.17) is 4.42 Å².